The molecule has 0 aliphatic rings. The average Bonchev–Trinajstić information content (AvgIpc) is 3.24. The Labute approximate surface area is 336 Å². The van der Waals surface area contributed by atoms with Gasteiger partial charge >= 0.3 is 0 Å². The maximum absolute atomic E-state index is 12.2. The number of aldehydes is 1. The Bertz CT molecular complexity index is 1780. The van der Waals surface area contributed by atoms with Gasteiger partial charge in [-0.1, -0.05) is 145 Å². The van der Waals surface area contributed by atoms with Crippen LogP contribution < -0.4 is 16.2 Å². The Balaban J connectivity index is 0. The van der Waals surface area contributed by atoms with Crippen LogP contribution in [-0.4, -0.2) is 53.3 Å². The van der Waals surface area contributed by atoms with Gasteiger partial charge in [0.05, 0.1) is 6.20 Å². The summed E-state index contributed by atoms with van der Waals surface area (Å²) in [7, 11) is 3.67. The minimum absolute atomic E-state index is 0.0914. The zero-order valence-electron chi connectivity index (χ0n) is 34.9. The molecule has 0 saturated carbocycles. The van der Waals surface area contributed by atoms with Crippen LogP contribution in [0, 0.1) is 10.8 Å². The Kier molecular flexibility index (Phi) is 32.3. The van der Waals surface area contributed by atoms with E-state index >= 15 is 0 Å². The molecule has 4 rings (SSSR count). The number of unbranched alkanes of at least 4 members (excludes halogenated alkanes) is 1. The summed E-state index contributed by atoms with van der Waals surface area (Å²) in [6, 6.07) is 20.4. The predicted octanol–water partition coefficient (Wildman–Crippen LogP) is 10.2. The standard InChI is InChI=1S/C14H15N3O.C13H20N2.C9H8N2O2.C4H10.C4H6.C2H6/c1-3-9-17-13(11-7-5-4-6-8-11)16-10-12(15-2)14(17)18;1-4-5-12-6-7-15-10-13(12)8-11(2)9-14-3;10-8(6-12)13-9(11)7-4-2-1-3-5-7;2*1-3-4-2;1-2/h3-8,10,15H,1,9H2,2H3;6-8,10,14H,4-5,9H2,1-3H3;1-6,10-11H;3-4H2,1-2H3;3-4H,1-2H2;1-2H3/b;11-8+;;;;. The lowest BCUT2D eigenvalue weighted by Gasteiger charge is -2.11. The second-order valence-corrected chi connectivity index (χ2v) is 11.4. The number of rotatable bonds is 13. The smallest absolute Gasteiger partial charge is 0.277 e. The molecule has 56 heavy (non-hydrogen) atoms. The first-order valence-corrected chi connectivity index (χ1v) is 18.9. The van der Waals surface area contributed by atoms with Crippen molar-refractivity contribution >= 4 is 29.8 Å². The summed E-state index contributed by atoms with van der Waals surface area (Å²) in [5.41, 5.74) is 5.83. The Hall–Kier alpha value is -6.00. The number of carbonyl (C=O) groups excluding carboxylic acids is 1. The van der Waals surface area contributed by atoms with E-state index in [2.05, 4.69) is 84.9 Å². The van der Waals surface area contributed by atoms with Crippen LogP contribution in [0.25, 0.3) is 17.5 Å². The molecule has 0 aliphatic heterocycles. The molecule has 0 saturated heterocycles. The number of pyridine rings is 1. The highest BCUT2D eigenvalue weighted by atomic mass is 16.5. The van der Waals surface area contributed by atoms with Gasteiger partial charge in [-0.05, 0) is 49.7 Å². The molecule has 0 spiro atoms. The SMILES string of the molecule is C=CC=C.C=CCn1c(-c2ccccc2)ncc(NC)c1=O.CC.CCCC.CCCc1ccncc1/C=C(\C)CNC.N=C(C=O)OC(=N)c1ccccc1. The molecule has 10 heteroatoms. The molecule has 10 nitrogen and oxygen atoms in total. The van der Waals surface area contributed by atoms with Crippen LogP contribution in [0.2, 0.25) is 0 Å². The van der Waals surface area contributed by atoms with E-state index in [1.54, 1.807) is 60.3 Å². The third-order valence-corrected chi connectivity index (χ3v) is 7.00. The minimum atomic E-state index is -0.561. The van der Waals surface area contributed by atoms with E-state index in [-0.39, 0.29) is 17.7 Å². The second kappa shape index (κ2) is 34.7. The molecule has 4 aromatic rings. The van der Waals surface area contributed by atoms with Gasteiger partial charge in [-0.2, -0.15) is 0 Å². The summed E-state index contributed by atoms with van der Waals surface area (Å²) < 4.78 is 6.19. The van der Waals surface area contributed by atoms with Crippen molar-refractivity contribution in [3.05, 3.63) is 156 Å². The molecule has 2 aromatic heterocycles. The molecular weight excluding hydrogens is 699 g/mol. The van der Waals surface area contributed by atoms with Crippen molar-refractivity contribution in [3.63, 3.8) is 0 Å². The number of hydrogen-bond donors (Lipinski definition) is 4. The molecule has 2 aromatic carbocycles. The first-order chi connectivity index (χ1) is 27.1. The fraction of sp³-hybridized carbons (Fsp3) is 0.304. The zero-order valence-corrected chi connectivity index (χ0v) is 34.9. The fourth-order valence-corrected chi connectivity index (χ4v) is 4.22. The van der Waals surface area contributed by atoms with Gasteiger partial charge in [0, 0.05) is 43.7 Å². The molecule has 0 radical (unpaired) electrons. The summed E-state index contributed by atoms with van der Waals surface area (Å²) in [6.07, 6.45) is 17.8. The van der Waals surface area contributed by atoms with E-state index in [1.807, 2.05) is 69.7 Å². The highest BCUT2D eigenvalue weighted by molar-refractivity contribution is 6.25. The molecule has 0 aliphatic carbocycles. The van der Waals surface area contributed by atoms with Gasteiger partial charge in [0.2, 0.25) is 12.2 Å². The van der Waals surface area contributed by atoms with Gasteiger partial charge in [-0.3, -0.25) is 30.0 Å². The largest absolute Gasteiger partial charge is 0.418 e. The lowest BCUT2D eigenvalue weighted by Crippen LogP contribution is -2.24. The van der Waals surface area contributed by atoms with Crippen LogP contribution >= 0.6 is 0 Å². The van der Waals surface area contributed by atoms with Gasteiger partial charge in [0.1, 0.15) is 11.5 Å². The fourth-order valence-electron chi connectivity index (χ4n) is 4.22. The Morgan fingerprint density at radius 2 is 1.46 bits per heavy atom. The number of ether oxygens (including phenoxy) is 1. The van der Waals surface area contributed by atoms with E-state index in [0.29, 0.717) is 23.6 Å². The van der Waals surface area contributed by atoms with Crippen LogP contribution in [0.4, 0.5) is 5.69 Å². The van der Waals surface area contributed by atoms with Crippen LogP contribution in [-0.2, 0) is 22.5 Å². The molecule has 4 N–H and O–H groups in total. The van der Waals surface area contributed by atoms with Crippen molar-refractivity contribution in [2.75, 3.05) is 26.0 Å². The molecule has 0 amide bonds. The summed E-state index contributed by atoms with van der Waals surface area (Å²) >= 11 is 0. The Morgan fingerprint density at radius 3 is 1.95 bits per heavy atom. The molecular formula is C46H65N7O3. The van der Waals surface area contributed by atoms with Crippen LogP contribution in [0.3, 0.4) is 0 Å². The number of nitrogens with one attached hydrogen (secondary N) is 4. The molecule has 302 valence electrons. The van der Waals surface area contributed by atoms with Gasteiger partial charge in [0.15, 0.2) is 0 Å². The summed E-state index contributed by atoms with van der Waals surface area (Å²) in [5, 5.41) is 20.2. The van der Waals surface area contributed by atoms with E-state index in [1.165, 1.54) is 36.0 Å². The highest BCUT2D eigenvalue weighted by Crippen LogP contribution is 2.16. The van der Waals surface area contributed by atoms with Crippen molar-refractivity contribution in [2.45, 2.75) is 73.8 Å². The number of carbonyl (C=O) groups is 1. The molecule has 0 atom stereocenters. The first kappa shape index (κ1) is 52.1. The van der Waals surface area contributed by atoms with Crippen LogP contribution in [0.1, 0.15) is 77.5 Å². The van der Waals surface area contributed by atoms with Gasteiger partial charge in [-0.15, -0.1) is 6.58 Å². The Morgan fingerprint density at radius 1 is 0.875 bits per heavy atom. The van der Waals surface area contributed by atoms with Crippen LogP contribution in [0.5, 0.6) is 0 Å². The van der Waals surface area contributed by atoms with Crippen LogP contribution in [0.15, 0.2) is 134 Å². The second-order valence-electron chi connectivity index (χ2n) is 11.4. The van der Waals surface area contributed by atoms with E-state index < -0.39 is 5.90 Å². The number of anilines is 1. The monoisotopic (exact) mass is 764 g/mol. The topological polar surface area (TPSA) is 146 Å². The number of aromatic nitrogens is 3. The minimum Gasteiger partial charge on any atom is -0.418 e. The van der Waals surface area contributed by atoms with Crippen molar-refractivity contribution in [1.82, 2.24) is 19.9 Å². The van der Waals surface area contributed by atoms with Gasteiger partial charge in [-0.25, -0.2) is 4.98 Å². The number of aryl methyl sites for hydroxylation is 1. The number of allylic oxidation sites excluding steroid dienone is 3. The third-order valence-electron chi connectivity index (χ3n) is 7.00. The summed E-state index contributed by atoms with van der Waals surface area (Å²) in [5.74, 6) is -0.106. The predicted molar refractivity (Wildman–Crippen MR) is 240 cm³/mol. The van der Waals surface area contributed by atoms with Crippen molar-refractivity contribution in [2.24, 2.45) is 0 Å². The number of likely N-dealkylation sites (N-methyl/N-ethyl adjacent to an activating group) is 1. The number of hydrogen-bond acceptors (Lipinski definition) is 9. The summed E-state index contributed by atoms with van der Waals surface area (Å²) in [4.78, 5) is 30.7. The maximum atomic E-state index is 12.2. The average molecular weight is 764 g/mol. The summed E-state index contributed by atoms with van der Waals surface area (Å²) in [6.45, 7) is 24.5. The van der Waals surface area contributed by atoms with E-state index in [9.17, 15) is 9.59 Å². The van der Waals surface area contributed by atoms with Gasteiger partial charge < -0.3 is 15.4 Å². The van der Waals surface area contributed by atoms with Crippen molar-refractivity contribution < 1.29 is 9.53 Å². The molecule has 0 fully saturated rings. The van der Waals surface area contributed by atoms with E-state index in [4.69, 9.17) is 10.8 Å². The molecule has 2 heterocycles. The zero-order chi connectivity index (χ0) is 42.6. The van der Waals surface area contributed by atoms with Gasteiger partial charge in [0.25, 0.3) is 11.5 Å². The lowest BCUT2D eigenvalue weighted by molar-refractivity contribution is -0.103. The first-order valence-electron chi connectivity index (χ1n) is 18.9. The molecule has 0 unspecified atom stereocenters. The quantitative estimate of drug-likeness (QED) is 0.0349. The maximum Gasteiger partial charge on any atom is 0.277 e. The van der Waals surface area contributed by atoms with E-state index in [0.717, 1.165) is 18.5 Å². The third kappa shape index (κ3) is 22.3. The van der Waals surface area contributed by atoms with Crippen molar-refractivity contribution in [3.8, 4) is 11.4 Å². The number of benzene rings is 2. The van der Waals surface area contributed by atoms with Crippen molar-refractivity contribution in [1.29, 1.82) is 10.8 Å². The highest BCUT2D eigenvalue weighted by Gasteiger charge is 2.10. The molecule has 0 bridgehead atoms. The lowest BCUT2D eigenvalue weighted by atomic mass is 10.0. The number of nitrogens with zero attached hydrogens (tertiary/aromatic N) is 3. The normalized spacial score (nSPS) is 9.46.